The molecule has 39 heavy (non-hydrogen) atoms. The third kappa shape index (κ3) is 11.2. The first kappa shape index (κ1) is 35.8. The maximum absolute atomic E-state index is 6.49. The van der Waals surface area contributed by atoms with Crippen molar-refractivity contribution >= 4 is 30.0 Å². The third-order valence-electron chi connectivity index (χ3n) is 6.32. The van der Waals surface area contributed by atoms with Gasteiger partial charge in [-0.15, -0.1) is 0 Å². The van der Waals surface area contributed by atoms with E-state index in [1.807, 2.05) is 66.9 Å². The molecule has 1 aliphatic rings. The lowest BCUT2D eigenvalue weighted by atomic mass is 9.93. The van der Waals surface area contributed by atoms with E-state index >= 15 is 0 Å². The molecular formula is C33H54N6. The largest absolute Gasteiger partial charge is 0.387 e. The number of likely N-dealkylation sites (tertiary alicyclic amines) is 1. The molecule has 0 bridgehead atoms. The molecule has 2 aromatic rings. The van der Waals surface area contributed by atoms with Crippen LogP contribution in [-0.4, -0.2) is 47.4 Å². The molecule has 0 aliphatic carbocycles. The standard InChI is InChI=1S/C27H36N6.3C2H6/c1-7-8-9-22-18-23(16-19(2)20(22)3)26(29-4)27(24-12-15-33(6)31-24)30-25(28)17-21-10-13-32(5)14-11-21;3*1-2/h7-9,12,15-16,18,21H,1,4,10-11,13-14,17H2,2-3,5-6H3,(H2,28,30);3*1-2H3/b9-8-,27-26-;;;. The quantitative estimate of drug-likeness (QED) is 0.212. The number of allylic oxidation sites excluding steroid dienone is 2. The Bertz CT molecular complexity index is 1100. The Labute approximate surface area is 239 Å². The number of nitrogens with zero attached hydrogens (tertiary/aromatic N) is 5. The van der Waals surface area contributed by atoms with Crippen LogP contribution in [0, 0.1) is 19.8 Å². The first-order valence-electron chi connectivity index (χ1n) is 14.5. The molecule has 0 atom stereocenters. The van der Waals surface area contributed by atoms with E-state index in [0.717, 1.165) is 49.2 Å². The number of amidine groups is 1. The lowest BCUT2D eigenvalue weighted by Gasteiger charge is -2.28. The average molecular weight is 535 g/mol. The second-order valence-electron chi connectivity index (χ2n) is 8.89. The van der Waals surface area contributed by atoms with Crippen molar-refractivity contribution in [3.8, 4) is 0 Å². The van der Waals surface area contributed by atoms with E-state index < -0.39 is 0 Å². The Morgan fingerprint density at radius 1 is 1.05 bits per heavy atom. The molecule has 6 heteroatoms. The summed E-state index contributed by atoms with van der Waals surface area (Å²) in [6.45, 7) is 26.1. The van der Waals surface area contributed by atoms with Crippen LogP contribution in [0.2, 0.25) is 0 Å². The summed E-state index contributed by atoms with van der Waals surface area (Å²) in [7, 11) is 4.06. The topological polar surface area (TPSA) is 71.8 Å². The Morgan fingerprint density at radius 2 is 1.67 bits per heavy atom. The average Bonchev–Trinajstić information content (AvgIpc) is 3.40. The molecule has 1 aliphatic heterocycles. The zero-order valence-corrected chi connectivity index (χ0v) is 26.4. The van der Waals surface area contributed by atoms with Gasteiger partial charge in [-0.05, 0) is 94.4 Å². The smallest absolute Gasteiger partial charge is 0.119 e. The lowest BCUT2D eigenvalue weighted by molar-refractivity contribution is 0.223. The highest BCUT2D eigenvalue weighted by molar-refractivity contribution is 5.96. The van der Waals surface area contributed by atoms with Crippen LogP contribution in [0.1, 0.15) is 88.8 Å². The van der Waals surface area contributed by atoms with Crippen LogP contribution in [0.25, 0.3) is 17.5 Å². The van der Waals surface area contributed by atoms with Crippen molar-refractivity contribution in [1.82, 2.24) is 14.7 Å². The second-order valence-corrected chi connectivity index (χ2v) is 8.89. The van der Waals surface area contributed by atoms with Crippen LogP contribution in [0.15, 0.2) is 53.1 Å². The predicted molar refractivity (Wildman–Crippen MR) is 175 cm³/mol. The number of benzene rings is 1. The SMILES string of the molecule is C=C/C=C\c1cc(/C(N=C)=C(/N=C(N)CC2CCN(C)CC2)c2ccn(C)n2)cc(C)c1C.CC.CC.CC. The van der Waals surface area contributed by atoms with Crippen LogP contribution >= 0.6 is 0 Å². The number of piperidine rings is 1. The molecule has 6 nitrogen and oxygen atoms in total. The number of nitrogens with two attached hydrogens (primary N) is 1. The number of rotatable bonds is 8. The summed E-state index contributed by atoms with van der Waals surface area (Å²) in [5, 5.41) is 4.60. The lowest BCUT2D eigenvalue weighted by Crippen LogP contribution is -2.32. The van der Waals surface area contributed by atoms with E-state index in [1.165, 1.54) is 11.1 Å². The fourth-order valence-corrected chi connectivity index (χ4v) is 4.20. The molecule has 3 rings (SSSR count). The third-order valence-corrected chi connectivity index (χ3v) is 6.32. The minimum absolute atomic E-state index is 0.548. The van der Waals surface area contributed by atoms with E-state index in [1.54, 1.807) is 10.8 Å². The van der Waals surface area contributed by atoms with Crippen molar-refractivity contribution in [2.45, 2.75) is 74.7 Å². The summed E-state index contributed by atoms with van der Waals surface area (Å²) in [6, 6.07) is 6.17. The molecule has 0 spiro atoms. The zero-order chi connectivity index (χ0) is 30.0. The summed E-state index contributed by atoms with van der Waals surface area (Å²) >= 11 is 0. The van der Waals surface area contributed by atoms with Gasteiger partial charge in [-0.2, -0.15) is 5.10 Å². The molecule has 0 saturated carbocycles. The summed E-state index contributed by atoms with van der Waals surface area (Å²) in [6.07, 6.45) is 10.7. The van der Waals surface area contributed by atoms with Crippen LogP contribution in [0.3, 0.4) is 0 Å². The van der Waals surface area contributed by atoms with Gasteiger partial charge in [0, 0.05) is 25.2 Å². The first-order chi connectivity index (χ1) is 18.8. The Hall–Kier alpha value is -3.25. The van der Waals surface area contributed by atoms with Gasteiger partial charge in [0.05, 0.1) is 5.70 Å². The molecule has 1 saturated heterocycles. The van der Waals surface area contributed by atoms with Crippen molar-refractivity contribution in [3.05, 3.63) is 71.1 Å². The highest BCUT2D eigenvalue weighted by atomic mass is 15.3. The molecule has 216 valence electrons. The number of aryl methyl sites for hydroxylation is 2. The van der Waals surface area contributed by atoms with Gasteiger partial charge in [-0.1, -0.05) is 66.3 Å². The second kappa shape index (κ2) is 19.8. The maximum atomic E-state index is 6.49. The van der Waals surface area contributed by atoms with Gasteiger partial charge in [0.25, 0.3) is 0 Å². The van der Waals surface area contributed by atoms with Crippen LogP contribution < -0.4 is 5.73 Å². The molecule has 1 aromatic carbocycles. The van der Waals surface area contributed by atoms with Crippen LogP contribution in [0.5, 0.6) is 0 Å². The normalized spacial score (nSPS) is 14.7. The summed E-state index contributed by atoms with van der Waals surface area (Å²) in [5.41, 5.74) is 13.0. The van der Waals surface area contributed by atoms with Crippen LogP contribution in [0.4, 0.5) is 0 Å². The van der Waals surface area contributed by atoms with Crippen molar-refractivity contribution < 1.29 is 0 Å². The Balaban J connectivity index is 0.00000225. The highest BCUT2D eigenvalue weighted by Gasteiger charge is 2.20. The number of hydrogen-bond donors (Lipinski definition) is 1. The van der Waals surface area contributed by atoms with Crippen molar-refractivity contribution in [2.24, 2.45) is 28.7 Å². The Morgan fingerprint density at radius 3 is 2.18 bits per heavy atom. The van der Waals surface area contributed by atoms with Crippen molar-refractivity contribution in [3.63, 3.8) is 0 Å². The van der Waals surface area contributed by atoms with Gasteiger partial charge in [0.1, 0.15) is 17.2 Å². The van der Waals surface area contributed by atoms with Crippen molar-refractivity contribution in [1.29, 1.82) is 0 Å². The molecule has 0 radical (unpaired) electrons. The van der Waals surface area contributed by atoms with Gasteiger partial charge in [-0.25, -0.2) is 4.99 Å². The van der Waals surface area contributed by atoms with E-state index in [2.05, 4.69) is 67.4 Å². The van der Waals surface area contributed by atoms with Gasteiger partial charge in [0.15, 0.2) is 0 Å². The van der Waals surface area contributed by atoms with Gasteiger partial charge < -0.3 is 10.6 Å². The van der Waals surface area contributed by atoms with E-state index in [9.17, 15) is 0 Å². The highest BCUT2D eigenvalue weighted by Crippen LogP contribution is 2.31. The fourth-order valence-electron chi connectivity index (χ4n) is 4.20. The summed E-state index contributed by atoms with van der Waals surface area (Å²) in [5.74, 6) is 1.16. The number of aromatic nitrogens is 2. The molecule has 1 aromatic heterocycles. The number of aliphatic imine (C=N–C) groups is 2. The van der Waals surface area contributed by atoms with E-state index in [4.69, 9.17) is 10.7 Å². The molecule has 2 N–H and O–H groups in total. The van der Waals surface area contributed by atoms with Gasteiger partial charge >= 0.3 is 0 Å². The molecule has 1 fully saturated rings. The van der Waals surface area contributed by atoms with E-state index in [-0.39, 0.29) is 0 Å². The molecule has 0 amide bonds. The first-order valence-corrected chi connectivity index (χ1v) is 14.5. The van der Waals surface area contributed by atoms with Gasteiger partial charge in [0.2, 0.25) is 0 Å². The Kier molecular flexibility index (Phi) is 18.1. The summed E-state index contributed by atoms with van der Waals surface area (Å²) < 4.78 is 1.76. The monoisotopic (exact) mass is 534 g/mol. The fraction of sp³-hybridized carbons (Fsp3) is 0.485. The van der Waals surface area contributed by atoms with Gasteiger partial charge in [-0.3, -0.25) is 9.67 Å². The number of hydrogen-bond acceptors (Lipinski definition) is 4. The molecular weight excluding hydrogens is 480 g/mol. The predicted octanol–water partition coefficient (Wildman–Crippen LogP) is 7.93. The van der Waals surface area contributed by atoms with Crippen molar-refractivity contribution in [2.75, 3.05) is 20.1 Å². The van der Waals surface area contributed by atoms with Crippen LogP contribution in [-0.2, 0) is 7.05 Å². The summed E-state index contributed by atoms with van der Waals surface area (Å²) in [4.78, 5) is 11.7. The molecule has 0 unspecified atom stereocenters. The molecule has 2 heterocycles. The minimum Gasteiger partial charge on any atom is -0.387 e. The van der Waals surface area contributed by atoms with E-state index in [0.29, 0.717) is 23.1 Å². The zero-order valence-electron chi connectivity index (χ0n) is 26.4. The minimum atomic E-state index is 0.548. The maximum Gasteiger partial charge on any atom is 0.119 e.